The van der Waals surface area contributed by atoms with Crippen molar-refractivity contribution in [3.8, 4) is 29.2 Å². The predicted molar refractivity (Wildman–Crippen MR) is 160 cm³/mol. The molecule has 228 valence electrons. The normalized spacial score (nSPS) is 25.8. The molecule has 2 saturated carbocycles. The molecule has 3 saturated heterocycles. The third-order valence-electron chi connectivity index (χ3n) is 9.29. The van der Waals surface area contributed by atoms with E-state index in [1.54, 1.807) is 11.1 Å². The van der Waals surface area contributed by atoms with Crippen molar-refractivity contribution < 1.29 is 24.1 Å². The molecule has 8 rings (SSSR count). The first kappa shape index (κ1) is 27.3. The standard InChI is InChI=1S/C32H35N7O5/c1-19-32(17-42-18-32)43-12-11-38(19)25-13-21(7-6-20-4-5-20)15-34-29(25)44-23-14-26(30(40)41)39(16-23)31-36-27(22-8-9-22)35-28(37-31)24-3-2-10-33-24/h2-3,10,13,15,19-20,22-23,26,33H,4-5,8-9,11-12,14,16-18H2,1H3,(H,40,41)/t19-,23-,26-/m0/s1. The van der Waals surface area contributed by atoms with Crippen LogP contribution in [-0.4, -0.2) is 92.7 Å². The van der Waals surface area contributed by atoms with E-state index in [2.05, 4.69) is 28.6 Å². The van der Waals surface area contributed by atoms with Gasteiger partial charge in [-0.2, -0.15) is 9.97 Å². The average Bonchev–Trinajstić information content (AvgIpc) is 3.93. The second kappa shape index (κ2) is 10.7. The monoisotopic (exact) mass is 597 g/mol. The quantitative estimate of drug-likeness (QED) is 0.389. The molecule has 0 amide bonds. The van der Waals surface area contributed by atoms with Crippen LogP contribution in [0.4, 0.5) is 11.6 Å². The maximum absolute atomic E-state index is 12.5. The fourth-order valence-corrected chi connectivity index (χ4v) is 6.24. The van der Waals surface area contributed by atoms with Crippen molar-refractivity contribution in [3.05, 3.63) is 42.0 Å². The van der Waals surface area contributed by atoms with E-state index in [0.29, 0.717) is 62.3 Å². The molecule has 3 aromatic rings. The SMILES string of the molecule is C[C@@H]1N(c2cc(C#CC3CC3)cnc2O[C@H]2C[C@@H](C(=O)O)N(c3nc(-c4ccc[nH]4)nc(C4CC4)n3)C2)CCOC12COC2. The molecular formula is C32H35N7O5. The summed E-state index contributed by atoms with van der Waals surface area (Å²) in [5.74, 6) is 8.46. The van der Waals surface area contributed by atoms with Crippen molar-refractivity contribution >= 4 is 17.6 Å². The number of aromatic amines is 1. The second-order valence-electron chi connectivity index (χ2n) is 12.5. The third-order valence-corrected chi connectivity index (χ3v) is 9.29. The van der Waals surface area contributed by atoms with Crippen LogP contribution in [0.25, 0.3) is 11.5 Å². The lowest BCUT2D eigenvalue weighted by atomic mass is 9.90. The summed E-state index contributed by atoms with van der Waals surface area (Å²) in [7, 11) is 0. The van der Waals surface area contributed by atoms with Gasteiger partial charge in [0.05, 0.1) is 38.1 Å². The zero-order chi connectivity index (χ0) is 29.8. The Morgan fingerprint density at radius 2 is 2.05 bits per heavy atom. The number of rotatable bonds is 7. The molecule has 0 unspecified atom stereocenters. The number of aliphatic carboxylic acids is 1. The van der Waals surface area contributed by atoms with Gasteiger partial charge in [-0.05, 0) is 50.8 Å². The van der Waals surface area contributed by atoms with Crippen molar-refractivity contribution in [2.75, 3.05) is 42.7 Å². The number of hydrogen-bond acceptors (Lipinski definition) is 10. The number of nitrogens with zero attached hydrogens (tertiary/aromatic N) is 6. The zero-order valence-electron chi connectivity index (χ0n) is 24.6. The summed E-state index contributed by atoms with van der Waals surface area (Å²) in [4.78, 5) is 38.6. The first-order chi connectivity index (χ1) is 21.5. The highest BCUT2D eigenvalue weighted by atomic mass is 16.6. The molecule has 3 atom stereocenters. The topological polar surface area (TPSA) is 139 Å². The number of carboxylic acid groups (broad SMARTS) is 1. The van der Waals surface area contributed by atoms with Crippen LogP contribution in [0.15, 0.2) is 30.6 Å². The Kier molecular flexibility index (Phi) is 6.68. The number of anilines is 2. The van der Waals surface area contributed by atoms with Crippen LogP contribution in [-0.2, 0) is 14.3 Å². The van der Waals surface area contributed by atoms with Gasteiger partial charge in [-0.1, -0.05) is 11.8 Å². The number of H-pyrrole nitrogens is 1. The Labute approximate surface area is 255 Å². The Morgan fingerprint density at radius 3 is 2.75 bits per heavy atom. The Bertz CT molecular complexity index is 1620. The van der Waals surface area contributed by atoms with Gasteiger partial charge in [0.15, 0.2) is 5.82 Å². The maximum atomic E-state index is 12.5. The van der Waals surface area contributed by atoms with Crippen LogP contribution in [0, 0.1) is 17.8 Å². The lowest BCUT2D eigenvalue weighted by Crippen LogP contribution is -2.68. The number of hydrogen-bond donors (Lipinski definition) is 2. The first-order valence-electron chi connectivity index (χ1n) is 15.5. The molecule has 0 bridgehead atoms. The summed E-state index contributed by atoms with van der Waals surface area (Å²) in [6.45, 7) is 4.78. The minimum absolute atomic E-state index is 0.0325. The van der Waals surface area contributed by atoms with Gasteiger partial charge in [0.1, 0.15) is 29.3 Å². The molecular weight excluding hydrogens is 562 g/mol. The van der Waals surface area contributed by atoms with Gasteiger partial charge in [-0.15, -0.1) is 0 Å². The van der Waals surface area contributed by atoms with Crippen LogP contribution >= 0.6 is 0 Å². The fourth-order valence-electron chi connectivity index (χ4n) is 6.24. The van der Waals surface area contributed by atoms with Crippen molar-refractivity contribution in [2.45, 2.75) is 68.7 Å². The van der Waals surface area contributed by atoms with Gasteiger partial charge in [-0.25, -0.2) is 14.8 Å². The van der Waals surface area contributed by atoms with Gasteiger partial charge in [-0.3, -0.25) is 0 Å². The van der Waals surface area contributed by atoms with Crippen molar-refractivity contribution in [1.82, 2.24) is 24.9 Å². The van der Waals surface area contributed by atoms with E-state index in [9.17, 15) is 9.90 Å². The van der Waals surface area contributed by atoms with Crippen LogP contribution in [0.2, 0.25) is 0 Å². The molecule has 2 aliphatic carbocycles. The van der Waals surface area contributed by atoms with Crippen molar-refractivity contribution in [2.24, 2.45) is 5.92 Å². The summed E-state index contributed by atoms with van der Waals surface area (Å²) in [6.07, 6.45) is 7.72. The second-order valence-corrected chi connectivity index (χ2v) is 12.5. The van der Waals surface area contributed by atoms with Crippen LogP contribution in [0.5, 0.6) is 5.88 Å². The number of morpholine rings is 1. The highest BCUT2D eigenvalue weighted by Gasteiger charge is 2.50. The van der Waals surface area contributed by atoms with E-state index < -0.39 is 18.1 Å². The number of nitrogens with one attached hydrogen (secondary N) is 1. The largest absolute Gasteiger partial charge is 0.480 e. The molecule has 3 aromatic heterocycles. The van der Waals surface area contributed by atoms with E-state index in [-0.39, 0.29) is 24.0 Å². The number of carboxylic acids is 1. The smallest absolute Gasteiger partial charge is 0.326 e. The summed E-state index contributed by atoms with van der Waals surface area (Å²) in [6, 6.07) is 5.02. The maximum Gasteiger partial charge on any atom is 0.326 e. The number of carbonyl (C=O) groups is 1. The zero-order valence-corrected chi connectivity index (χ0v) is 24.6. The predicted octanol–water partition coefficient (Wildman–Crippen LogP) is 3.01. The molecule has 5 fully saturated rings. The van der Waals surface area contributed by atoms with Gasteiger partial charge < -0.3 is 34.1 Å². The van der Waals surface area contributed by atoms with Crippen LogP contribution in [0.1, 0.15) is 56.3 Å². The lowest BCUT2D eigenvalue weighted by molar-refractivity contribution is -0.228. The summed E-state index contributed by atoms with van der Waals surface area (Å²) < 4.78 is 18.3. The highest BCUT2D eigenvalue weighted by Crippen LogP contribution is 2.41. The van der Waals surface area contributed by atoms with E-state index >= 15 is 0 Å². The van der Waals surface area contributed by atoms with Gasteiger partial charge in [0.2, 0.25) is 11.8 Å². The molecule has 6 heterocycles. The van der Waals surface area contributed by atoms with Gasteiger partial charge in [0, 0.05) is 42.8 Å². The van der Waals surface area contributed by atoms with Gasteiger partial charge >= 0.3 is 5.97 Å². The third kappa shape index (κ3) is 5.14. The van der Waals surface area contributed by atoms with Crippen molar-refractivity contribution in [3.63, 3.8) is 0 Å². The summed E-state index contributed by atoms with van der Waals surface area (Å²) >= 11 is 0. The van der Waals surface area contributed by atoms with Crippen molar-refractivity contribution in [1.29, 1.82) is 0 Å². The first-order valence-corrected chi connectivity index (χ1v) is 15.5. The molecule has 1 spiro atoms. The summed E-state index contributed by atoms with van der Waals surface area (Å²) in [5.41, 5.74) is 2.08. The van der Waals surface area contributed by atoms with E-state index in [1.807, 2.05) is 24.4 Å². The minimum atomic E-state index is -0.946. The molecule has 3 aliphatic heterocycles. The number of aromatic nitrogens is 5. The average molecular weight is 598 g/mol. The van der Waals surface area contributed by atoms with E-state index in [1.165, 1.54) is 0 Å². The molecule has 12 nitrogen and oxygen atoms in total. The molecule has 0 radical (unpaired) electrons. The van der Waals surface area contributed by atoms with Crippen LogP contribution < -0.4 is 14.5 Å². The number of ether oxygens (including phenoxy) is 3. The fraction of sp³-hybridized carbons (Fsp3) is 0.531. The lowest BCUT2D eigenvalue weighted by Gasteiger charge is -2.53. The molecule has 12 heteroatoms. The summed E-state index contributed by atoms with van der Waals surface area (Å²) in [5, 5.41) is 10.3. The minimum Gasteiger partial charge on any atom is -0.480 e. The van der Waals surface area contributed by atoms with E-state index in [4.69, 9.17) is 34.1 Å². The number of pyridine rings is 1. The Morgan fingerprint density at radius 1 is 1.18 bits per heavy atom. The highest BCUT2D eigenvalue weighted by molar-refractivity contribution is 5.78. The van der Waals surface area contributed by atoms with Crippen LogP contribution in [0.3, 0.4) is 0 Å². The Balaban J connectivity index is 1.10. The Hall–Kier alpha value is -4.21. The van der Waals surface area contributed by atoms with Gasteiger partial charge in [0.25, 0.3) is 0 Å². The van der Waals surface area contributed by atoms with E-state index in [0.717, 1.165) is 42.6 Å². The molecule has 2 N–H and O–H groups in total. The molecule has 5 aliphatic rings. The molecule has 0 aromatic carbocycles. The molecule has 44 heavy (non-hydrogen) atoms.